The van der Waals surface area contributed by atoms with Crippen LogP contribution in [0.3, 0.4) is 0 Å². The summed E-state index contributed by atoms with van der Waals surface area (Å²) in [6.07, 6.45) is 0. The van der Waals surface area contributed by atoms with Crippen molar-refractivity contribution in [2.75, 3.05) is 13.7 Å². The lowest BCUT2D eigenvalue weighted by Crippen LogP contribution is -2.47. The van der Waals surface area contributed by atoms with Crippen LogP contribution in [0.4, 0.5) is 8.78 Å². The number of aromatic nitrogens is 1. The molecular formula is C22H20F2N2O4. The number of carbonyl (C=O) groups is 1. The van der Waals surface area contributed by atoms with Crippen LogP contribution in [-0.2, 0) is 21.7 Å². The minimum absolute atomic E-state index is 0.0183. The number of likely N-dealkylation sites (N-methyl/N-ethyl adjacent to an activating group) is 1. The van der Waals surface area contributed by atoms with Gasteiger partial charge in [-0.2, -0.15) is 0 Å². The van der Waals surface area contributed by atoms with Crippen molar-refractivity contribution in [2.24, 2.45) is 0 Å². The number of fused-ring (bicyclic) bond motifs is 3. The minimum Gasteiger partial charge on any atom is -0.376 e. The fraction of sp³-hybridized carbons (Fsp3) is 0.273. The van der Waals surface area contributed by atoms with Crippen molar-refractivity contribution in [3.63, 3.8) is 0 Å². The highest BCUT2D eigenvalue weighted by Crippen LogP contribution is 2.35. The van der Waals surface area contributed by atoms with Crippen LogP contribution in [0.1, 0.15) is 29.8 Å². The maximum atomic E-state index is 14.0. The summed E-state index contributed by atoms with van der Waals surface area (Å²) < 4.78 is 33.3. The highest BCUT2D eigenvalue weighted by Gasteiger charge is 2.39. The standard InChI is InChI=1S/C22H20F2N2O4/c1-22(29,12-6-4-3-5-7-12)21(28)26(2)18-11-30-10-17-19(18)13-8-15(23)16(24)9-14(13)20(27)25-17/h3-9,18,29H,10-11H2,1-2H3,(H,25,27)/t18-,22+/m0/s1. The zero-order valence-electron chi connectivity index (χ0n) is 16.4. The van der Waals surface area contributed by atoms with E-state index < -0.39 is 34.7 Å². The second-order valence-electron chi connectivity index (χ2n) is 7.54. The first-order chi connectivity index (χ1) is 14.2. The predicted molar refractivity (Wildman–Crippen MR) is 106 cm³/mol. The van der Waals surface area contributed by atoms with Gasteiger partial charge in [-0.15, -0.1) is 0 Å². The molecule has 156 valence electrons. The average Bonchev–Trinajstić information content (AvgIpc) is 2.74. The topological polar surface area (TPSA) is 82.6 Å². The van der Waals surface area contributed by atoms with Crippen molar-refractivity contribution in [2.45, 2.75) is 25.2 Å². The van der Waals surface area contributed by atoms with Gasteiger partial charge in [-0.1, -0.05) is 30.3 Å². The first-order valence-corrected chi connectivity index (χ1v) is 9.38. The van der Waals surface area contributed by atoms with Crippen molar-refractivity contribution < 1.29 is 23.4 Å². The Kier molecular flexibility index (Phi) is 4.91. The SMILES string of the molecule is CN(C(=O)[C@](C)(O)c1ccccc1)[C@H]1COCc2[nH]c(=O)c3cc(F)c(F)cc3c21. The second-order valence-corrected chi connectivity index (χ2v) is 7.54. The Hall–Kier alpha value is -3.10. The molecule has 0 unspecified atom stereocenters. The summed E-state index contributed by atoms with van der Waals surface area (Å²) in [6.45, 7) is 1.53. The molecule has 1 aliphatic rings. The number of ether oxygens (including phenoxy) is 1. The largest absolute Gasteiger partial charge is 0.376 e. The fourth-order valence-electron chi connectivity index (χ4n) is 3.92. The van der Waals surface area contributed by atoms with Gasteiger partial charge >= 0.3 is 0 Å². The van der Waals surface area contributed by atoms with Gasteiger partial charge in [-0.3, -0.25) is 9.59 Å². The van der Waals surface area contributed by atoms with E-state index in [1.165, 1.54) is 18.9 Å². The molecule has 6 nitrogen and oxygen atoms in total. The average molecular weight is 414 g/mol. The van der Waals surface area contributed by atoms with E-state index >= 15 is 0 Å². The van der Waals surface area contributed by atoms with E-state index in [-0.39, 0.29) is 24.0 Å². The zero-order chi connectivity index (χ0) is 21.6. The van der Waals surface area contributed by atoms with Crippen molar-refractivity contribution in [1.29, 1.82) is 0 Å². The lowest BCUT2D eigenvalue weighted by atomic mass is 9.91. The Morgan fingerprint density at radius 3 is 2.50 bits per heavy atom. The molecule has 2 heterocycles. The van der Waals surface area contributed by atoms with Crippen molar-refractivity contribution in [1.82, 2.24) is 9.88 Å². The summed E-state index contributed by atoms with van der Waals surface area (Å²) in [5.41, 5.74) is -1.12. The van der Waals surface area contributed by atoms with Crippen LogP contribution >= 0.6 is 0 Å². The van der Waals surface area contributed by atoms with Crippen LogP contribution in [0.2, 0.25) is 0 Å². The van der Waals surface area contributed by atoms with Crippen LogP contribution in [0.25, 0.3) is 10.8 Å². The molecule has 0 radical (unpaired) electrons. The zero-order valence-corrected chi connectivity index (χ0v) is 16.4. The summed E-state index contributed by atoms with van der Waals surface area (Å²) in [5.74, 6) is -2.82. The number of H-pyrrole nitrogens is 1. The number of rotatable bonds is 3. The molecule has 2 N–H and O–H groups in total. The molecular weight excluding hydrogens is 394 g/mol. The number of halogens is 2. The molecule has 4 rings (SSSR count). The van der Waals surface area contributed by atoms with Crippen LogP contribution in [-0.4, -0.2) is 34.6 Å². The molecule has 0 saturated carbocycles. The second kappa shape index (κ2) is 7.30. The number of aromatic amines is 1. The molecule has 0 bridgehead atoms. The molecule has 0 fully saturated rings. The van der Waals surface area contributed by atoms with E-state index in [1.54, 1.807) is 30.3 Å². The quantitative estimate of drug-likeness (QED) is 0.691. The van der Waals surface area contributed by atoms with Gasteiger partial charge in [0.25, 0.3) is 11.5 Å². The summed E-state index contributed by atoms with van der Waals surface area (Å²) in [7, 11) is 1.50. The number of benzene rings is 2. The van der Waals surface area contributed by atoms with Gasteiger partial charge in [0.05, 0.1) is 24.6 Å². The van der Waals surface area contributed by atoms with Crippen LogP contribution in [0.15, 0.2) is 47.3 Å². The van der Waals surface area contributed by atoms with Gasteiger partial charge < -0.3 is 19.7 Å². The third kappa shape index (κ3) is 3.18. The summed E-state index contributed by atoms with van der Waals surface area (Å²) >= 11 is 0. The molecule has 0 aliphatic carbocycles. The highest BCUT2D eigenvalue weighted by molar-refractivity contribution is 5.89. The smallest absolute Gasteiger partial charge is 0.259 e. The number of amides is 1. The minimum atomic E-state index is -1.82. The Balaban J connectivity index is 1.83. The summed E-state index contributed by atoms with van der Waals surface area (Å²) in [5, 5.41) is 11.1. The van der Waals surface area contributed by atoms with Crippen LogP contribution < -0.4 is 5.56 Å². The first kappa shape index (κ1) is 20.2. The number of pyridine rings is 1. The van der Waals surface area contributed by atoms with Gasteiger partial charge in [-0.05, 0) is 30.0 Å². The van der Waals surface area contributed by atoms with Gasteiger partial charge in [-0.25, -0.2) is 8.78 Å². The maximum absolute atomic E-state index is 14.0. The molecule has 1 aliphatic heterocycles. The molecule has 1 amide bonds. The number of nitrogens with one attached hydrogen (secondary N) is 1. The number of aliphatic hydroxyl groups is 1. The summed E-state index contributed by atoms with van der Waals surface area (Å²) in [4.78, 5) is 29.5. The molecule has 2 aromatic carbocycles. The van der Waals surface area contributed by atoms with E-state index in [0.717, 1.165) is 12.1 Å². The first-order valence-electron chi connectivity index (χ1n) is 9.38. The monoisotopic (exact) mass is 414 g/mol. The van der Waals surface area contributed by atoms with Crippen LogP contribution in [0.5, 0.6) is 0 Å². The van der Waals surface area contributed by atoms with Crippen molar-refractivity contribution >= 4 is 16.7 Å². The molecule has 8 heteroatoms. The predicted octanol–water partition coefficient (Wildman–Crippen LogP) is 2.74. The van der Waals surface area contributed by atoms with E-state index in [0.29, 0.717) is 16.8 Å². The van der Waals surface area contributed by atoms with Crippen LogP contribution in [0, 0.1) is 11.6 Å². The van der Waals surface area contributed by atoms with E-state index in [1.807, 2.05) is 0 Å². The molecule has 3 aromatic rings. The number of hydrogen-bond donors (Lipinski definition) is 2. The Labute approximate surface area is 170 Å². The van der Waals surface area contributed by atoms with E-state index in [4.69, 9.17) is 4.74 Å². The van der Waals surface area contributed by atoms with Gasteiger partial charge in [0.15, 0.2) is 17.2 Å². The van der Waals surface area contributed by atoms with Crippen molar-refractivity contribution in [3.05, 3.63) is 81.3 Å². The molecule has 30 heavy (non-hydrogen) atoms. The molecule has 2 atom stereocenters. The molecule has 0 saturated heterocycles. The lowest BCUT2D eigenvalue weighted by Gasteiger charge is -2.37. The van der Waals surface area contributed by atoms with Crippen molar-refractivity contribution in [3.8, 4) is 0 Å². The Morgan fingerprint density at radius 1 is 1.20 bits per heavy atom. The van der Waals surface area contributed by atoms with E-state index in [9.17, 15) is 23.5 Å². The Morgan fingerprint density at radius 2 is 1.83 bits per heavy atom. The lowest BCUT2D eigenvalue weighted by molar-refractivity contribution is -0.153. The van der Waals surface area contributed by atoms with Gasteiger partial charge in [0.1, 0.15) is 0 Å². The fourth-order valence-corrected chi connectivity index (χ4v) is 3.92. The third-order valence-electron chi connectivity index (χ3n) is 5.58. The maximum Gasteiger partial charge on any atom is 0.259 e. The van der Waals surface area contributed by atoms with E-state index in [2.05, 4.69) is 4.98 Å². The highest BCUT2D eigenvalue weighted by atomic mass is 19.2. The normalized spacial score (nSPS) is 18.0. The number of hydrogen-bond acceptors (Lipinski definition) is 4. The number of carbonyl (C=O) groups excluding carboxylic acids is 1. The molecule has 1 aromatic heterocycles. The Bertz CT molecular complexity index is 1190. The summed E-state index contributed by atoms with van der Waals surface area (Å²) in [6, 6.07) is 9.57. The number of nitrogens with zero attached hydrogens (tertiary/aromatic N) is 1. The molecule has 0 spiro atoms. The third-order valence-corrected chi connectivity index (χ3v) is 5.58. The van der Waals surface area contributed by atoms with Gasteiger partial charge in [0, 0.05) is 18.3 Å². The van der Waals surface area contributed by atoms with Gasteiger partial charge in [0.2, 0.25) is 0 Å².